The minimum Gasteiger partial charge on any atom is -0.465 e. The minimum absolute atomic E-state index is 0.0550. The molecule has 4 rings (SSSR count). The van der Waals surface area contributed by atoms with E-state index in [1.54, 1.807) is 7.11 Å². The topological polar surface area (TPSA) is 96.7 Å². The molecule has 2 atom stereocenters. The number of carbonyl (C=O) groups is 2. The van der Waals surface area contributed by atoms with Gasteiger partial charge in [0.2, 0.25) is 5.91 Å². The number of imidazole rings is 1. The van der Waals surface area contributed by atoms with Crippen molar-refractivity contribution >= 4 is 50.6 Å². The first-order chi connectivity index (χ1) is 17.9. The summed E-state index contributed by atoms with van der Waals surface area (Å²) < 4.78 is 8.42. The third kappa shape index (κ3) is 7.03. The van der Waals surface area contributed by atoms with Crippen LogP contribution in [0, 0.1) is 0 Å². The van der Waals surface area contributed by atoms with Crippen molar-refractivity contribution in [1.82, 2.24) is 19.8 Å². The number of para-hydroxylation sites is 1. The van der Waals surface area contributed by atoms with Crippen molar-refractivity contribution in [2.45, 2.75) is 50.6 Å². The molecule has 8 nitrogen and oxygen atoms in total. The molecule has 2 aromatic carbocycles. The first-order valence-electron chi connectivity index (χ1n) is 12.5. The lowest BCUT2D eigenvalue weighted by Gasteiger charge is -2.33. The first kappa shape index (κ1) is 27.4. The number of carbonyl (C=O) groups excluding carboxylic acids is 1. The summed E-state index contributed by atoms with van der Waals surface area (Å²) >= 11 is 9.89. The van der Waals surface area contributed by atoms with Crippen LogP contribution in [0.1, 0.15) is 43.0 Å². The van der Waals surface area contributed by atoms with Crippen molar-refractivity contribution in [2.75, 3.05) is 26.8 Å². The van der Waals surface area contributed by atoms with Gasteiger partial charge in [0, 0.05) is 56.2 Å². The number of hydrogen-bond donors (Lipinski definition) is 2. The fraction of sp³-hybridized carbons (Fsp3) is 0.444. The van der Waals surface area contributed by atoms with Crippen LogP contribution in [0.2, 0.25) is 5.02 Å². The molecule has 0 radical (unpaired) electrons. The molecule has 2 N–H and O–H groups in total. The molecule has 198 valence electrons. The van der Waals surface area contributed by atoms with Crippen molar-refractivity contribution in [2.24, 2.45) is 0 Å². The maximum atomic E-state index is 13.4. The Morgan fingerprint density at radius 1 is 1.27 bits per heavy atom. The van der Waals surface area contributed by atoms with E-state index in [2.05, 4.69) is 25.8 Å². The predicted molar refractivity (Wildman–Crippen MR) is 147 cm³/mol. The number of ether oxygens (including phenoxy) is 1. The minimum atomic E-state index is -1.13. The van der Waals surface area contributed by atoms with Crippen LogP contribution in [0.15, 0.2) is 46.9 Å². The summed E-state index contributed by atoms with van der Waals surface area (Å²) in [7, 11) is 1.69. The zero-order chi connectivity index (χ0) is 26.4. The standard InChI is InChI=1S/C27H32BrClN4O4/c1-37-14-4-13-33-23-7-2-6-22(29)25(23)31-26(33)19-5-3-12-32(17-19)24(34)16-21(30-27(35)36)15-18-8-10-20(28)11-9-18/h2,6-11,19,21,30H,3-5,12-17H2,1H3,(H,35,36)/t19-,21-/m1/s1. The van der Waals surface area contributed by atoms with Crippen molar-refractivity contribution < 1.29 is 19.4 Å². The monoisotopic (exact) mass is 590 g/mol. The predicted octanol–water partition coefficient (Wildman–Crippen LogP) is 5.46. The lowest BCUT2D eigenvalue weighted by molar-refractivity contribution is -0.132. The van der Waals surface area contributed by atoms with E-state index in [1.807, 2.05) is 47.4 Å². The molecule has 1 saturated heterocycles. The normalized spacial score (nSPS) is 16.6. The Hall–Kier alpha value is -2.62. The van der Waals surface area contributed by atoms with Gasteiger partial charge in [-0.25, -0.2) is 9.78 Å². The molecule has 37 heavy (non-hydrogen) atoms. The number of halogens is 2. The maximum Gasteiger partial charge on any atom is 0.404 e. The Bertz CT molecular complexity index is 1230. The average molecular weight is 592 g/mol. The van der Waals surface area contributed by atoms with E-state index >= 15 is 0 Å². The zero-order valence-corrected chi connectivity index (χ0v) is 23.2. The Morgan fingerprint density at radius 2 is 2.05 bits per heavy atom. The molecule has 10 heteroatoms. The van der Waals surface area contributed by atoms with Gasteiger partial charge in [-0.3, -0.25) is 4.79 Å². The third-order valence-electron chi connectivity index (χ3n) is 6.77. The number of benzene rings is 2. The summed E-state index contributed by atoms with van der Waals surface area (Å²) in [6.07, 6.45) is 2.03. The number of nitrogens with one attached hydrogen (secondary N) is 1. The van der Waals surface area contributed by atoms with Gasteiger partial charge >= 0.3 is 6.09 Å². The smallest absolute Gasteiger partial charge is 0.404 e. The molecule has 3 aromatic rings. The Balaban J connectivity index is 1.50. The van der Waals surface area contributed by atoms with Crippen LogP contribution in [-0.4, -0.2) is 64.4 Å². The highest BCUT2D eigenvalue weighted by molar-refractivity contribution is 9.10. The molecule has 0 aliphatic carbocycles. The molecule has 2 heterocycles. The molecule has 1 fully saturated rings. The quantitative estimate of drug-likeness (QED) is 0.305. The van der Waals surface area contributed by atoms with E-state index in [-0.39, 0.29) is 18.2 Å². The average Bonchev–Trinajstić information content (AvgIpc) is 3.25. The molecule has 0 spiro atoms. The van der Waals surface area contributed by atoms with Crippen LogP contribution in [0.25, 0.3) is 11.0 Å². The zero-order valence-electron chi connectivity index (χ0n) is 20.8. The van der Waals surface area contributed by atoms with Crippen molar-refractivity contribution in [3.05, 3.63) is 63.3 Å². The molecule has 1 aromatic heterocycles. The Morgan fingerprint density at radius 3 is 2.78 bits per heavy atom. The summed E-state index contributed by atoms with van der Waals surface area (Å²) in [4.78, 5) is 31.6. The number of carboxylic acid groups (broad SMARTS) is 1. The number of fused-ring (bicyclic) bond motifs is 1. The van der Waals surface area contributed by atoms with E-state index < -0.39 is 12.1 Å². The Labute approximate surface area is 230 Å². The van der Waals surface area contributed by atoms with Crippen LogP contribution in [0.5, 0.6) is 0 Å². The number of likely N-dealkylation sites (tertiary alicyclic amines) is 1. The van der Waals surface area contributed by atoms with Gasteiger partial charge in [0.25, 0.3) is 0 Å². The highest BCUT2D eigenvalue weighted by Gasteiger charge is 2.30. The number of hydrogen-bond acceptors (Lipinski definition) is 4. The number of rotatable bonds is 10. The van der Waals surface area contributed by atoms with Gasteiger partial charge in [0.15, 0.2) is 0 Å². The highest BCUT2D eigenvalue weighted by atomic mass is 79.9. The van der Waals surface area contributed by atoms with Crippen LogP contribution < -0.4 is 5.32 Å². The molecular weight excluding hydrogens is 560 g/mol. The molecule has 1 aliphatic heterocycles. The lowest BCUT2D eigenvalue weighted by atomic mass is 9.95. The van der Waals surface area contributed by atoms with Gasteiger partial charge in [0.1, 0.15) is 11.3 Å². The number of aryl methyl sites for hydroxylation is 1. The summed E-state index contributed by atoms with van der Waals surface area (Å²) in [6, 6.07) is 13.0. The summed E-state index contributed by atoms with van der Waals surface area (Å²) in [5.74, 6) is 0.952. The number of nitrogens with zero attached hydrogens (tertiary/aromatic N) is 3. The number of aromatic nitrogens is 2. The number of amides is 2. The third-order valence-corrected chi connectivity index (χ3v) is 7.61. The van der Waals surface area contributed by atoms with Gasteiger partial charge < -0.3 is 24.6 Å². The number of methoxy groups -OCH3 is 1. The highest BCUT2D eigenvalue weighted by Crippen LogP contribution is 2.32. The second-order valence-electron chi connectivity index (χ2n) is 9.44. The SMILES string of the molecule is COCCCn1c([C@@H]2CCCN(C(=O)C[C@@H](Cc3ccc(Br)cc3)NC(=O)O)C2)nc2c(Cl)cccc21. The van der Waals surface area contributed by atoms with Gasteiger partial charge in [0.05, 0.1) is 10.5 Å². The lowest BCUT2D eigenvalue weighted by Crippen LogP contribution is -2.44. The maximum absolute atomic E-state index is 13.4. The molecular formula is C27H32BrClN4O4. The molecule has 2 amide bonds. The molecule has 0 bridgehead atoms. The summed E-state index contributed by atoms with van der Waals surface area (Å²) in [6.45, 7) is 2.59. The molecule has 0 unspecified atom stereocenters. The van der Waals surface area contributed by atoms with Crippen molar-refractivity contribution in [3.63, 3.8) is 0 Å². The van der Waals surface area contributed by atoms with Gasteiger partial charge in [-0.05, 0) is 55.5 Å². The second kappa shape index (κ2) is 12.8. The number of piperidine rings is 1. The molecule has 1 aliphatic rings. The van der Waals surface area contributed by atoms with Gasteiger partial charge in [-0.2, -0.15) is 0 Å². The van der Waals surface area contributed by atoms with E-state index in [0.717, 1.165) is 52.7 Å². The largest absolute Gasteiger partial charge is 0.465 e. The van der Waals surface area contributed by atoms with Gasteiger partial charge in [-0.15, -0.1) is 0 Å². The van der Waals surface area contributed by atoms with Crippen LogP contribution in [0.3, 0.4) is 0 Å². The fourth-order valence-corrected chi connectivity index (χ4v) is 5.53. The fourth-order valence-electron chi connectivity index (χ4n) is 5.05. The summed E-state index contributed by atoms with van der Waals surface area (Å²) in [5, 5.41) is 12.5. The van der Waals surface area contributed by atoms with E-state index in [4.69, 9.17) is 21.3 Å². The van der Waals surface area contributed by atoms with E-state index in [1.165, 1.54) is 0 Å². The molecule has 0 saturated carbocycles. The van der Waals surface area contributed by atoms with Crippen LogP contribution >= 0.6 is 27.5 Å². The second-order valence-corrected chi connectivity index (χ2v) is 10.8. The van der Waals surface area contributed by atoms with E-state index in [9.17, 15) is 14.7 Å². The van der Waals surface area contributed by atoms with Crippen LogP contribution in [-0.2, 0) is 22.5 Å². The van der Waals surface area contributed by atoms with E-state index in [0.29, 0.717) is 31.1 Å². The van der Waals surface area contributed by atoms with Crippen LogP contribution in [0.4, 0.5) is 4.79 Å². The summed E-state index contributed by atoms with van der Waals surface area (Å²) in [5.41, 5.74) is 2.73. The van der Waals surface area contributed by atoms with Crippen molar-refractivity contribution in [1.29, 1.82) is 0 Å². The van der Waals surface area contributed by atoms with Crippen molar-refractivity contribution in [3.8, 4) is 0 Å². The Kier molecular flexibility index (Phi) is 9.45. The van der Waals surface area contributed by atoms with Gasteiger partial charge in [-0.1, -0.05) is 45.7 Å². The first-order valence-corrected chi connectivity index (χ1v) is 13.7.